The molecule has 0 spiro atoms. The van der Waals surface area contributed by atoms with Gasteiger partial charge in [0.1, 0.15) is 22.8 Å². The van der Waals surface area contributed by atoms with Crippen molar-refractivity contribution < 1.29 is 24.1 Å². The number of hydrogen-bond acceptors (Lipinski definition) is 5. The third-order valence-electron chi connectivity index (χ3n) is 3.71. The number of carbonyl (C=O) groups is 1. The van der Waals surface area contributed by atoms with Gasteiger partial charge in [0.25, 0.3) is 0 Å². The number of ether oxygens (including phenoxy) is 3. The summed E-state index contributed by atoms with van der Waals surface area (Å²) in [4.78, 5) is 12.6. The zero-order valence-electron chi connectivity index (χ0n) is 12.3. The van der Waals surface area contributed by atoms with Crippen molar-refractivity contribution >= 4 is 5.78 Å². The van der Waals surface area contributed by atoms with E-state index in [-0.39, 0.29) is 17.1 Å². The molecule has 114 valence electrons. The maximum atomic E-state index is 12.6. The highest BCUT2D eigenvalue weighted by Crippen LogP contribution is 2.42. The molecule has 3 rings (SSSR count). The largest absolute Gasteiger partial charge is 0.507 e. The number of fused-ring (bicyclic) bond motifs is 1. The number of aromatic hydroxyl groups is 1. The third-order valence-corrected chi connectivity index (χ3v) is 3.71. The number of Topliss-reactive ketones (excluding diaryl/α,β-unsaturated/α-hetero) is 1. The van der Waals surface area contributed by atoms with E-state index >= 15 is 0 Å². The SMILES string of the molecule is COc1cc(O)c2c(c1)O[C@H](c1ccccc1)[C@H](OC)C2=O. The van der Waals surface area contributed by atoms with E-state index < -0.39 is 12.2 Å². The van der Waals surface area contributed by atoms with Crippen molar-refractivity contribution in [3.8, 4) is 17.2 Å². The summed E-state index contributed by atoms with van der Waals surface area (Å²) in [7, 11) is 2.94. The molecule has 2 aromatic rings. The monoisotopic (exact) mass is 300 g/mol. The lowest BCUT2D eigenvalue weighted by atomic mass is 9.92. The molecule has 1 aliphatic rings. The molecule has 0 fully saturated rings. The van der Waals surface area contributed by atoms with E-state index in [1.165, 1.54) is 20.3 Å². The summed E-state index contributed by atoms with van der Waals surface area (Å²) >= 11 is 0. The molecule has 0 saturated carbocycles. The Bertz CT molecular complexity index is 696. The van der Waals surface area contributed by atoms with Gasteiger partial charge in [0, 0.05) is 19.2 Å². The number of benzene rings is 2. The van der Waals surface area contributed by atoms with E-state index in [0.29, 0.717) is 11.5 Å². The van der Waals surface area contributed by atoms with Gasteiger partial charge in [-0.1, -0.05) is 30.3 Å². The fourth-order valence-corrected chi connectivity index (χ4v) is 2.63. The lowest BCUT2D eigenvalue weighted by Gasteiger charge is -2.32. The van der Waals surface area contributed by atoms with Gasteiger partial charge in [0.15, 0.2) is 12.2 Å². The molecule has 1 heterocycles. The second-order valence-corrected chi connectivity index (χ2v) is 4.99. The molecule has 0 radical (unpaired) electrons. The normalized spacial score (nSPS) is 20.2. The zero-order chi connectivity index (χ0) is 15.7. The molecule has 0 amide bonds. The third kappa shape index (κ3) is 2.29. The quantitative estimate of drug-likeness (QED) is 0.944. The van der Waals surface area contributed by atoms with E-state index in [2.05, 4.69) is 0 Å². The molecule has 1 N–H and O–H groups in total. The molecular weight excluding hydrogens is 284 g/mol. The van der Waals surface area contributed by atoms with Crippen molar-refractivity contribution in [2.24, 2.45) is 0 Å². The molecule has 0 saturated heterocycles. The summed E-state index contributed by atoms with van der Waals surface area (Å²) in [6.45, 7) is 0. The maximum absolute atomic E-state index is 12.6. The minimum Gasteiger partial charge on any atom is -0.507 e. The number of hydrogen-bond donors (Lipinski definition) is 1. The molecule has 5 nitrogen and oxygen atoms in total. The lowest BCUT2D eigenvalue weighted by Crippen LogP contribution is -2.37. The molecule has 1 aliphatic heterocycles. The van der Waals surface area contributed by atoms with Gasteiger partial charge in [0.05, 0.1) is 7.11 Å². The molecule has 0 unspecified atom stereocenters. The van der Waals surface area contributed by atoms with E-state index in [1.54, 1.807) is 6.07 Å². The van der Waals surface area contributed by atoms with Crippen LogP contribution < -0.4 is 9.47 Å². The maximum Gasteiger partial charge on any atom is 0.203 e. The predicted octanol–water partition coefficient (Wildman–Crippen LogP) is 2.73. The van der Waals surface area contributed by atoms with Crippen molar-refractivity contribution in [1.82, 2.24) is 0 Å². The standard InChI is InChI=1S/C17H16O5/c1-20-11-8-12(18)14-13(9-11)22-16(17(21-2)15(14)19)10-6-4-3-5-7-10/h3-9,16-18H,1-2H3/t16-,17-/m1/s1. The van der Waals surface area contributed by atoms with Gasteiger partial charge in [0.2, 0.25) is 5.78 Å². The second-order valence-electron chi connectivity index (χ2n) is 4.99. The van der Waals surface area contributed by atoms with Gasteiger partial charge < -0.3 is 19.3 Å². The highest BCUT2D eigenvalue weighted by atomic mass is 16.5. The predicted molar refractivity (Wildman–Crippen MR) is 79.6 cm³/mol. The Morgan fingerprint density at radius 1 is 1.14 bits per heavy atom. The number of ketones is 1. The molecule has 0 aromatic heterocycles. The van der Waals surface area contributed by atoms with Gasteiger partial charge in [-0.05, 0) is 5.56 Å². The van der Waals surface area contributed by atoms with E-state index in [4.69, 9.17) is 14.2 Å². The Labute approximate surface area is 128 Å². The zero-order valence-corrected chi connectivity index (χ0v) is 12.3. The molecule has 2 atom stereocenters. The van der Waals surface area contributed by atoms with E-state index in [0.717, 1.165) is 5.56 Å². The van der Waals surface area contributed by atoms with Gasteiger partial charge >= 0.3 is 0 Å². The van der Waals surface area contributed by atoms with Crippen LogP contribution >= 0.6 is 0 Å². The first-order valence-corrected chi connectivity index (χ1v) is 6.85. The van der Waals surface area contributed by atoms with Gasteiger partial charge in [-0.2, -0.15) is 0 Å². The van der Waals surface area contributed by atoms with Crippen molar-refractivity contribution in [1.29, 1.82) is 0 Å². The van der Waals surface area contributed by atoms with Crippen LogP contribution in [0.25, 0.3) is 0 Å². The van der Waals surface area contributed by atoms with Gasteiger partial charge in [-0.25, -0.2) is 0 Å². The average molecular weight is 300 g/mol. The molecular formula is C17H16O5. The van der Waals surface area contributed by atoms with E-state index in [9.17, 15) is 9.90 Å². The second kappa shape index (κ2) is 5.69. The summed E-state index contributed by atoms with van der Waals surface area (Å²) in [5.74, 6) is 0.237. The van der Waals surface area contributed by atoms with Crippen molar-refractivity contribution in [3.63, 3.8) is 0 Å². The average Bonchev–Trinajstić information content (AvgIpc) is 2.54. The fraction of sp³-hybridized carbons (Fsp3) is 0.235. The van der Waals surface area contributed by atoms with Crippen LogP contribution in [0.15, 0.2) is 42.5 Å². The first-order chi connectivity index (χ1) is 10.7. The van der Waals surface area contributed by atoms with Crippen LogP contribution in [0.4, 0.5) is 0 Å². The molecule has 0 aliphatic carbocycles. The summed E-state index contributed by atoms with van der Waals surface area (Å²) < 4.78 is 16.4. The molecule has 0 bridgehead atoms. The summed E-state index contributed by atoms with van der Waals surface area (Å²) in [6, 6.07) is 12.3. The summed E-state index contributed by atoms with van der Waals surface area (Å²) in [5, 5.41) is 10.1. The Morgan fingerprint density at radius 3 is 2.50 bits per heavy atom. The van der Waals surface area contributed by atoms with Crippen molar-refractivity contribution in [3.05, 3.63) is 53.6 Å². The minimum atomic E-state index is -0.811. The van der Waals surface area contributed by atoms with Gasteiger partial charge in [-0.15, -0.1) is 0 Å². The summed E-state index contributed by atoms with van der Waals surface area (Å²) in [6.07, 6.45) is -1.38. The summed E-state index contributed by atoms with van der Waals surface area (Å²) in [5.41, 5.74) is 0.954. The van der Waals surface area contributed by atoms with Crippen LogP contribution in [0.1, 0.15) is 22.0 Å². The number of phenolic OH excluding ortho intramolecular Hbond substituents is 1. The van der Waals surface area contributed by atoms with Crippen LogP contribution in [-0.4, -0.2) is 31.2 Å². The van der Waals surface area contributed by atoms with E-state index in [1.807, 2.05) is 30.3 Å². The number of methoxy groups -OCH3 is 2. The van der Waals surface area contributed by atoms with Gasteiger partial charge in [-0.3, -0.25) is 4.79 Å². The fourth-order valence-electron chi connectivity index (χ4n) is 2.63. The first kappa shape index (κ1) is 14.4. The highest BCUT2D eigenvalue weighted by molar-refractivity contribution is 6.05. The van der Waals surface area contributed by atoms with Crippen LogP contribution in [-0.2, 0) is 4.74 Å². The minimum absolute atomic E-state index is 0.125. The highest BCUT2D eigenvalue weighted by Gasteiger charge is 2.40. The number of carbonyl (C=O) groups excluding carboxylic acids is 1. The molecule has 5 heteroatoms. The van der Waals surface area contributed by atoms with Crippen LogP contribution in [0.5, 0.6) is 17.2 Å². The van der Waals surface area contributed by atoms with Crippen LogP contribution in [0, 0.1) is 0 Å². The lowest BCUT2D eigenvalue weighted by molar-refractivity contribution is -0.00108. The molecule has 22 heavy (non-hydrogen) atoms. The number of phenols is 1. The molecule has 2 aromatic carbocycles. The van der Waals surface area contributed by atoms with Crippen LogP contribution in [0.2, 0.25) is 0 Å². The Balaban J connectivity index is 2.10. The Morgan fingerprint density at radius 2 is 1.86 bits per heavy atom. The topological polar surface area (TPSA) is 65.0 Å². The van der Waals surface area contributed by atoms with Crippen molar-refractivity contribution in [2.75, 3.05) is 14.2 Å². The van der Waals surface area contributed by atoms with Crippen molar-refractivity contribution in [2.45, 2.75) is 12.2 Å². The smallest absolute Gasteiger partial charge is 0.203 e. The number of rotatable bonds is 3. The van der Waals surface area contributed by atoms with Crippen LogP contribution in [0.3, 0.4) is 0 Å². The Hall–Kier alpha value is -2.53. The Kier molecular flexibility index (Phi) is 3.73. The first-order valence-electron chi connectivity index (χ1n) is 6.85.